The van der Waals surface area contributed by atoms with Crippen LogP contribution >= 0.6 is 11.3 Å². The van der Waals surface area contributed by atoms with Gasteiger partial charge in [-0.3, -0.25) is 0 Å². The minimum Gasteiger partial charge on any atom is -0.477 e. The van der Waals surface area contributed by atoms with Gasteiger partial charge >= 0.3 is 5.97 Å². The fourth-order valence-electron chi connectivity index (χ4n) is 1.79. The van der Waals surface area contributed by atoms with Gasteiger partial charge < -0.3 is 5.11 Å². The molecule has 0 aromatic carbocycles. The standard InChI is InChI=1S/C13H21NO4S2/c1-9(2)7-14(8-10(3)4)20(17,18)12-6-5-11(19-12)13(15)16/h5-6,9-10H,7-8H2,1-4H3,(H,15,16). The predicted molar refractivity (Wildman–Crippen MR) is 79.7 cm³/mol. The van der Waals surface area contributed by atoms with E-state index in [1.165, 1.54) is 16.4 Å². The third-order valence-corrected chi connectivity index (χ3v) is 5.90. The summed E-state index contributed by atoms with van der Waals surface area (Å²) in [6.45, 7) is 8.70. The van der Waals surface area contributed by atoms with E-state index in [0.717, 1.165) is 11.3 Å². The molecule has 0 spiro atoms. The molecule has 0 unspecified atom stereocenters. The number of hydrogen-bond donors (Lipinski definition) is 1. The van der Waals surface area contributed by atoms with Gasteiger partial charge in [-0.25, -0.2) is 13.2 Å². The van der Waals surface area contributed by atoms with Crippen LogP contribution in [0.4, 0.5) is 0 Å². The third kappa shape index (κ3) is 4.29. The molecular weight excluding hydrogens is 298 g/mol. The number of rotatable bonds is 7. The first-order valence-corrected chi connectivity index (χ1v) is 8.73. The van der Waals surface area contributed by atoms with E-state index in [9.17, 15) is 13.2 Å². The third-order valence-electron chi connectivity index (χ3n) is 2.52. The summed E-state index contributed by atoms with van der Waals surface area (Å²) in [5, 5.41) is 8.90. The molecule has 0 aliphatic heterocycles. The van der Waals surface area contributed by atoms with Crippen LogP contribution in [0, 0.1) is 11.8 Å². The molecule has 0 saturated carbocycles. The number of nitrogens with zero attached hydrogens (tertiary/aromatic N) is 1. The maximum absolute atomic E-state index is 12.6. The number of sulfonamides is 1. The van der Waals surface area contributed by atoms with Crippen molar-refractivity contribution in [1.82, 2.24) is 4.31 Å². The highest BCUT2D eigenvalue weighted by atomic mass is 32.2. The molecule has 5 nitrogen and oxygen atoms in total. The molecule has 0 saturated heterocycles. The van der Waals surface area contributed by atoms with Crippen molar-refractivity contribution in [2.45, 2.75) is 31.9 Å². The van der Waals surface area contributed by atoms with Crippen LogP contribution in [-0.2, 0) is 10.0 Å². The van der Waals surface area contributed by atoms with Crippen LogP contribution in [0.25, 0.3) is 0 Å². The van der Waals surface area contributed by atoms with Crippen LogP contribution in [0.3, 0.4) is 0 Å². The summed E-state index contributed by atoms with van der Waals surface area (Å²) >= 11 is 0.801. The van der Waals surface area contributed by atoms with Crippen molar-refractivity contribution in [3.05, 3.63) is 17.0 Å². The number of aromatic carboxylic acids is 1. The molecule has 0 aliphatic carbocycles. The lowest BCUT2D eigenvalue weighted by atomic mass is 10.2. The lowest BCUT2D eigenvalue weighted by Crippen LogP contribution is -2.36. The van der Waals surface area contributed by atoms with E-state index in [1.807, 2.05) is 27.7 Å². The Kier molecular flexibility index (Phi) is 5.73. The van der Waals surface area contributed by atoms with Crippen molar-refractivity contribution in [2.75, 3.05) is 13.1 Å². The number of thiophene rings is 1. The summed E-state index contributed by atoms with van der Waals surface area (Å²) in [5.74, 6) is -0.680. The normalized spacial score (nSPS) is 12.6. The summed E-state index contributed by atoms with van der Waals surface area (Å²) < 4.78 is 26.7. The molecule has 1 N–H and O–H groups in total. The fraction of sp³-hybridized carbons (Fsp3) is 0.615. The van der Waals surface area contributed by atoms with Crippen LogP contribution in [0.1, 0.15) is 37.4 Å². The Hall–Kier alpha value is -0.920. The van der Waals surface area contributed by atoms with Crippen molar-refractivity contribution < 1.29 is 18.3 Å². The summed E-state index contributed by atoms with van der Waals surface area (Å²) in [6.07, 6.45) is 0. The van der Waals surface area contributed by atoms with Crippen molar-refractivity contribution in [1.29, 1.82) is 0 Å². The molecule has 0 aliphatic rings. The van der Waals surface area contributed by atoms with Gasteiger partial charge in [0.15, 0.2) is 0 Å². The average Bonchev–Trinajstić information content (AvgIpc) is 2.76. The van der Waals surface area contributed by atoms with E-state index < -0.39 is 16.0 Å². The molecule has 0 fully saturated rings. The Labute approximate surface area is 124 Å². The van der Waals surface area contributed by atoms with Gasteiger partial charge in [-0.1, -0.05) is 27.7 Å². The zero-order valence-electron chi connectivity index (χ0n) is 12.2. The summed E-state index contributed by atoms with van der Waals surface area (Å²) in [7, 11) is -3.62. The topological polar surface area (TPSA) is 74.7 Å². The van der Waals surface area contributed by atoms with Crippen LogP contribution in [-0.4, -0.2) is 36.9 Å². The van der Waals surface area contributed by atoms with Crippen molar-refractivity contribution in [3.8, 4) is 0 Å². The first kappa shape index (κ1) is 17.1. The first-order valence-electron chi connectivity index (χ1n) is 6.48. The summed E-state index contributed by atoms with van der Waals surface area (Å²) in [4.78, 5) is 10.9. The maximum Gasteiger partial charge on any atom is 0.345 e. The molecule has 0 atom stereocenters. The number of carboxylic acids is 1. The fourth-order valence-corrected chi connectivity index (χ4v) is 4.85. The SMILES string of the molecule is CC(C)CN(CC(C)C)S(=O)(=O)c1ccc(C(=O)O)s1. The zero-order valence-corrected chi connectivity index (χ0v) is 13.8. The van der Waals surface area contributed by atoms with Gasteiger partial charge in [0.1, 0.15) is 9.09 Å². The summed E-state index contributed by atoms with van der Waals surface area (Å²) in [6, 6.07) is 2.71. The number of carboxylic acid groups (broad SMARTS) is 1. The molecular formula is C13H21NO4S2. The van der Waals surface area contributed by atoms with Crippen LogP contribution < -0.4 is 0 Å². The Balaban J connectivity index is 3.10. The molecule has 1 aromatic rings. The Morgan fingerprint density at radius 3 is 2.05 bits per heavy atom. The lowest BCUT2D eigenvalue weighted by Gasteiger charge is -2.24. The van der Waals surface area contributed by atoms with Gasteiger partial charge in [0.25, 0.3) is 10.0 Å². The Morgan fingerprint density at radius 2 is 1.70 bits per heavy atom. The average molecular weight is 319 g/mol. The van der Waals surface area contributed by atoms with Crippen molar-refractivity contribution >= 4 is 27.3 Å². The molecule has 7 heteroatoms. The van der Waals surface area contributed by atoms with Gasteiger partial charge in [0.2, 0.25) is 0 Å². The Bertz CT molecular complexity index is 551. The van der Waals surface area contributed by atoms with Gasteiger partial charge in [-0.05, 0) is 24.0 Å². The highest BCUT2D eigenvalue weighted by Gasteiger charge is 2.28. The van der Waals surface area contributed by atoms with E-state index in [2.05, 4.69) is 0 Å². The van der Waals surface area contributed by atoms with Crippen molar-refractivity contribution in [2.24, 2.45) is 11.8 Å². The van der Waals surface area contributed by atoms with Gasteiger partial charge in [0.05, 0.1) is 0 Å². The van der Waals surface area contributed by atoms with E-state index in [-0.39, 0.29) is 20.9 Å². The molecule has 1 aromatic heterocycles. The zero-order chi connectivity index (χ0) is 15.5. The minimum atomic E-state index is -3.62. The highest BCUT2D eigenvalue weighted by Crippen LogP contribution is 2.26. The molecule has 0 bridgehead atoms. The molecule has 0 radical (unpaired) electrons. The maximum atomic E-state index is 12.6. The van der Waals surface area contributed by atoms with Crippen LogP contribution in [0.5, 0.6) is 0 Å². The van der Waals surface area contributed by atoms with Crippen LogP contribution in [0.15, 0.2) is 16.3 Å². The molecule has 0 amide bonds. The highest BCUT2D eigenvalue weighted by molar-refractivity contribution is 7.91. The first-order chi connectivity index (χ1) is 9.14. The van der Waals surface area contributed by atoms with Gasteiger partial charge in [-0.15, -0.1) is 11.3 Å². The van der Waals surface area contributed by atoms with E-state index in [4.69, 9.17) is 5.11 Å². The largest absolute Gasteiger partial charge is 0.477 e. The van der Waals surface area contributed by atoms with Crippen molar-refractivity contribution in [3.63, 3.8) is 0 Å². The van der Waals surface area contributed by atoms with Gasteiger partial charge in [0, 0.05) is 13.1 Å². The Morgan fingerprint density at radius 1 is 1.20 bits per heavy atom. The smallest absolute Gasteiger partial charge is 0.345 e. The number of carbonyl (C=O) groups is 1. The minimum absolute atomic E-state index is 0.0395. The molecule has 20 heavy (non-hydrogen) atoms. The quantitative estimate of drug-likeness (QED) is 0.838. The monoisotopic (exact) mass is 319 g/mol. The van der Waals surface area contributed by atoms with Gasteiger partial charge in [-0.2, -0.15) is 4.31 Å². The second kappa shape index (κ2) is 6.69. The van der Waals surface area contributed by atoms with E-state index in [0.29, 0.717) is 13.1 Å². The second-order valence-corrected chi connectivity index (χ2v) is 8.78. The van der Waals surface area contributed by atoms with E-state index in [1.54, 1.807) is 0 Å². The number of hydrogen-bond acceptors (Lipinski definition) is 4. The van der Waals surface area contributed by atoms with E-state index >= 15 is 0 Å². The predicted octanol–water partition coefficient (Wildman–Crippen LogP) is 2.75. The second-order valence-electron chi connectivity index (χ2n) is 5.53. The molecule has 1 rings (SSSR count). The summed E-state index contributed by atoms with van der Waals surface area (Å²) in [5.41, 5.74) is 0. The molecule has 1 heterocycles. The lowest BCUT2D eigenvalue weighted by molar-refractivity contribution is 0.0702. The van der Waals surface area contributed by atoms with Crippen LogP contribution in [0.2, 0.25) is 0 Å². The molecule has 114 valence electrons.